The van der Waals surface area contributed by atoms with Crippen molar-refractivity contribution in [3.05, 3.63) is 72.3 Å². The molecule has 2 rings (SSSR count). The normalized spacial score (nSPS) is 9.80. The zero-order valence-corrected chi connectivity index (χ0v) is 14.0. The van der Waals surface area contributed by atoms with E-state index in [4.69, 9.17) is 9.47 Å². The van der Waals surface area contributed by atoms with Crippen LogP contribution in [-0.4, -0.2) is 25.0 Å². The molecule has 2 aromatic rings. The van der Waals surface area contributed by atoms with Crippen LogP contribution in [0.4, 0.5) is 0 Å². The maximum atomic E-state index is 12.0. The van der Waals surface area contributed by atoms with Gasteiger partial charge in [0.15, 0.2) is 6.61 Å². The number of nitrogens with one attached hydrogen (secondary N) is 2. The molecule has 0 aliphatic heterocycles. The number of benzene rings is 2. The van der Waals surface area contributed by atoms with E-state index in [1.54, 1.807) is 36.4 Å². The van der Waals surface area contributed by atoms with Gasteiger partial charge >= 0.3 is 0 Å². The second-order valence-corrected chi connectivity index (χ2v) is 5.18. The van der Waals surface area contributed by atoms with Gasteiger partial charge in [-0.3, -0.25) is 20.4 Å². The summed E-state index contributed by atoms with van der Waals surface area (Å²) >= 11 is 0. The Bertz CT molecular complexity index is 741. The molecule has 6 nitrogen and oxygen atoms in total. The Hall–Kier alpha value is -3.28. The lowest BCUT2D eigenvalue weighted by atomic mass is 10.2. The maximum Gasteiger partial charge on any atom is 0.276 e. The number of para-hydroxylation sites is 1. The molecule has 0 aromatic heterocycles. The van der Waals surface area contributed by atoms with Gasteiger partial charge in [-0.05, 0) is 42.8 Å². The highest BCUT2D eigenvalue weighted by Crippen LogP contribution is 2.15. The van der Waals surface area contributed by atoms with E-state index in [0.717, 1.165) is 5.56 Å². The lowest BCUT2D eigenvalue weighted by Gasteiger charge is -2.10. The van der Waals surface area contributed by atoms with Gasteiger partial charge in [-0.25, -0.2) is 0 Å². The minimum Gasteiger partial charge on any atom is -0.490 e. The Balaban J connectivity index is 1.78. The lowest BCUT2D eigenvalue weighted by molar-refractivity contribution is -0.123. The van der Waals surface area contributed by atoms with E-state index < -0.39 is 11.8 Å². The lowest BCUT2D eigenvalue weighted by Crippen LogP contribution is -2.43. The molecule has 130 valence electrons. The molecule has 0 fully saturated rings. The van der Waals surface area contributed by atoms with Gasteiger partial charge in [-0.1, -0.05) is 30.9 Å². The Labute approximate surface area is 146 Å². The van der Waals surface area contributed by atoms with Crippen molar-refractivity contribution in [2.24, 2.45) is 0 Å². The molecule has 0 spiro atoms. The largest absolute Gasteiger partial charge is 0.490 e. The van der Waals surface area contributed by atoms with Gasteiger partial charge in [-0.15, -0.1) is 0 Å². The fourth-order valence-corrected chi connectivity index (χ4v) is 1.95. The second-order valence-electron chi connectivity index (χ2n) is 5.18. The Morgan fingerprint density at radius 1 is 1.04 bits per heavy atom. The van der Waals surface area contributed by atoms with Crippen molar-refractivity contribution in [2.75, 3.05) is 13.2 Å². The quantitative estimate of drug-likeness (QED) is 0.599. The highest BCUT2D eigenvalue weighted by molar-refractivity contribution is 5.95. The minimum atomic E-state index is -0.456. The van der Waals surface area contributed by atoms with Gasteiger partial charge in [0.05, 0.1) is 0 Å². The first kappa shape index (κ1) is 18.1. The molecule has 6 heteroatoms. The molecule has 0 atom stereocenters. The summed E-state index contributed by atoms with van der Waals surface area (Å²) in [7, 11) is 0. The summed E-state index contributed by atoms with van der Waals surface area (Å²) < 4.78 is 10.7. The third-order valence-electron chi connectivity index (χ3n) is 3.25. The van der Waals surface area contributed by atoms with Crippen molar-refractivity contribution in [3.8, 4) is 11.5 Å². The topological polar surface area (TPSA) is 76.7 Å². The van der Waals surface area contributed by atoms with Crippen molar-refractivity contribution < 1.29 is 19.1 Å². The molecule has 0 aliphatic carbocycles. The predicted octanol–water partition coefficient (Wildman–Crippen LogP) is 2.40. The molecule has 0 bridgehead atoms. The second kappa shape index (κ2) is 9.12. The third-order valence-corrected chi connectivity index (χ3v) is 3.25. The van der Waals surface area contributed by atoms with Crippen LogP contribution in [0.1, 0.15) is 15.9 Å². The van der Waals surface area contributed by atoms with Crippen LogP contribution in [0, 0.1) is 6.92 Å². The van der Waals surface area contributed by atoms with Crippen molar-refractivity contribution in [1.29, 1.82) is 0 Å². The average molecular weight is 340 g/mol. The molecule has 0 radical (unpaired) electrons. The van der Waals surface area contributed by atoms with E-state index in [-0.39, 0.29) is 6.61 Å². The molecule has 2 aromatic carbocycles. The standard InChI is InChI=1S/C19H20N2O4/c1-3-12-24-16-10-8-15(9-11-16)19(23)21-20-18(22)13-25-17-7-5-4-6-14(17)2/h3-11H,1,12-13H2,2H3,(H,20,22)(H,21,23). The van der Waals surface area contributed by atoms with E-state index >= 15 is 0 Å². The molecule has 0 aliphatic rings. The van der Waals surface area contributed by atoms with E-state index in [0.29, 0.717) is 23.7 Å². The fraction of sp³-hybridized carbons (Fsp3) is 0.158. The number of amides is 2. The van der Waals surface area contributed by atoms with Crippen LogP contribution in [-0.2, 0) is 4.79 Å². The summed E-state index contributed by atoms with van der Waals surface area (Å²) in [6.07, 6.45) is 1.63. The molecular weight excluding hydrogens is 320 g/mol. The number of hydrogen-bond donors (Lipinski definition) is 2. The van der Waals surface area contributed by atoms with Crippen LogP contribution in [0.2, 0.25) is 0 Å². The Morgan fingerprint density at radius 3 is 2.44 bits per heavy atom. The van der Waals surface area contributed by atoms with E-state index in [9.17, 15) is 9.59 Å². The van der Waals surface area contributed by atoms with E-state index in [1.165, 1.54) is 0 Å². The molecule has 2 N–H and O–H groups in total. The van der Waals surface area contributed by atoms with Crippen LogP contribution in [0.25, 0.3) is 0 Å². The summed E-state index contributed by atoms with van der Waals surface area (Å²) in [5.74, 6) is 0.369. The van der Waals surface area contributed by atoms with Gasteiger partial charge in [0.25, 0.3) is 11.8 Å². The van der Waals surface area contributed by atoms with Gasteiger partial charge in [0.2, 0.25) is 0 Å². The number of carbonyl (C=O) groups is 2. The number of ether oxygens (including phenoxy) is 2. The molecule has 0 unspecified atom stereocenters. The SMILES string of the molecule is C=CCOc1ccc(C(=O)NNC(=O)COc2ccccc2C)cc1. The van der Waals surface area contributed by atoms with Crippen LogP contribution < -0.4 is 20.3 Å². The van der Waals surface area contributed by atoms with E-state index in [2.05, 4.69) is 17.4 Å². The van der Waals surface area contributed by atoms with Crippen molar-refractivity contribution in [2.45, 2.75) is 6.92 Å². The van der Waals surface area contributed by atoms with Gasteiger partial charge in [-0.2, -0.15) is 0 Å². The zero-order valence-electron chi connectivity index (χ0n) is 14.0. The first-order valence-corrected chi connectivity index (χ1v) is 7.71. The molecule has 0 saturated carbocycles. The number of aryl methyl sites for hydroxylation is 1. The first-order valence-electron chi connectivity index (χ1n) is 7.71. The van der Waals surface area contributed by atoms with Crippen LogP contribution in [0.5, 0.6) is 11.5 Å². The van der Waals surface area contributed by atoms with Crippen molar-refractivity contribution in [1.82, 2.24) is 10.9 Å². The molecule has 25 heavy (non-hydrogen) atoms. The summed E-state index contributed by atoms with van der Waals surface area (Å²) in [5, 5.41) is 0. The number of carbonyl (C=O) groups excluding carboxylic acids is 2. The van der Waals surface area contributed by atoms with Crippen LogP contribution in [0.3, 0.4) is 0 Å². The smallest absolute Gasteiger partial charge is 0.276 e. The number of rotatable bonds is 7. The fourth-order valence-electron chi connectivity index (χ4n) is 1.95. The zero-order chi connectivity index (χ0) is 18.1. The molecule has 0 heterocycles. The monoisotopic (exact) mass is 340 g/mol. The van der Waals surface area contributed by atoms with E-state index in [1.807, 2.05) is 25.1 Å². The Kier molecular flexibility index (Phi) is 6.59. The van der Waals surface area contributed by atoms with Gasteiger partial charge in [0, 0.05) is 5.56 Å². The highest BCUT2D eigenvalue weighted by atomic mass is 16.5. The summed E-state index contributed by atoms with van der Waals surface area (Å²) in [4.78, 5) is 23.7. The third kappa shape index (κ3) is 5.69. The van der Waals surface area contributed by atoms with Crippen LogP contribution in [0.15, 0.2) is 61.2 Å². The predicted molar refractivity (Wildman–Crippen MR) is 94.4 cm³/mol. The minimum absolute atomic E-state index is 0.195. The summed E-state index contributed by atoms with van der Waals surface area (Å²) in [5.41, 5.74) is 5.97. The van der Waals surface area contributed by atoms with Gasteiger partial charge in [0.1, 0.15) is 18.1 Å². The molecule has 0 saturated heterocycles. The average Bonchev–Trinajstić information content (AvgIpc) is 2.64. The van der Waals surface area contributed by atoms with Crippen molar-refractivity contribution >= 4 is 11.8 Å². The molecular formula is C19H20N2O4. The molecule has 2 amide bonds. The summed E-state index contributed by atoms with van der Waals surface area (Å²) in [6, 6.07) is 13.9. The highest BCUT2D eigenvalue weighted by Gasteiger charge is 2.08. The van der Waals surface area contributed by atoms with Crippen molar-refractivity contribution in [3.63, 3.8) is 0 Å². The first-order chi connectivity index (χ1) is 12.1. The Morgan fingerprint density at radius 2 is 1.76 bits per heavy atom. The number of hydrogen-bond acceptors (Lipinski definition) is 4. The van der Waals surface area contributed by atoms with Crippen LogP contribution >= 0.6 is 0 Å². The summed E-state index contributed by atoms with van der Waals surface area (Å²) in [6.45, 7) is 5.64. The number of hydrazine groups is 1. The maximum absolute atomic E-state index is 12.0. The van der Waals surface area contributed by atoms with Gasteiger partial charge < -0.3 is 9.47 Å².